The number of aliphatic hydroxyl groups excluding tert-OH is 1. The minimum absolute atomic E-state index is 0.0206. The van der Waals surface area contributed by atoms with Crippen LogP contribution in [0.3, 0.4) is 0 Å². The normalized spacial score (nSPS) is 30.9. The predicted molar refractivity (Wildman–Crippen MR) is 146 cm³/mol. The Labute approximate surface area is 223 Å². The fourth-order valence-electron chi connectivity index (χ4n) is 6.73. The first-order valence-electron chi connectivity index (χ1n) is 13.5. The monoisotopic (exact) mass is 523 g/mol. The molecule has 0 aromatic heterocycles. The Bertz CT molecular complexity index is 1130. The van der Waals surface area contributed by atoms with Crippen molar-refractivity contribution in [2.45, 2.75) is 56.1 Å². The minimum atomic E-state index is -0.802. The molecule has 2 saturated heterocycles. The zero-order valence-corrected chi connectivity index (χ0v) is 22.7. The number of amides is 3. The molecular formula is C29H37N3O4S. The van der Waals surface area contributed by atoms with Gasteiger partial charge in [0.2, 0.25) is 11.8 Å². The van der Waals surface area contributed by atoms with Crippen LogP contribution < -0.4 is 4.90 Å². The quantitative estimate of drug-likeness (QED) is 0.439. The van der Waals surface area contributed by atoms with E-state index in [1.165, 1.54) is 0 Å². The molecule has 1 aromatic rings. The number of hydrogen-bond acceptors (Lipinski definition) is 5. The number of para-hydroxylation sites is 1. The lowest BCUT2D eigenvalue weighted by molar-refractivity contribution is -0.142. The summed E-state index contributed by atoms with van der Waals surface area (Å²) >= 11 is 1.62. The fraction of sp³-hybridized carbons (Fsp3) is 0.552. The lowest BCUT2D eigenvalue weighted by Gasteiger charge is -2.36. The van der Waals surface area contributed by atoms with Crippen LogP contribution in [0.1, 0.15) is 37.3 Å². The Kier molecular flexibility index (Phi) is 7.24. The predicted octanol–water partition coefficient (Wildman–Crippen LogP) is 3.08. The van der Waals surface area contributed by atoms with E-state index < -0.39 is 22.6 Å². The van der Waals surface area contributed by atoms with E-state index in [1.807, 2.05) is 54.0 Å². The van der Waals surface area contributed by atoms with Gasteiger partial charge >= 0.3 is 0 Å². The molecule has 4 aliphatic rings. The highest BCUT2D eigenvalue weighted by molar-refractivity contribution is 8.02. The highest BCUT2D eigenvalue weighted by Crippen LogP contribution is 2.61. The molecule has 4 heterocycles. The van der Waals surface area contributed by atoms with Gasteiger partial charge in [0.15, 0.2) is 0 Å². The SMILES string of the molecule is CCCN1CC=C[C@H]2S[C@]34C=CCN(c5c(C)cccc5C)C(=O)C3N(CCCCO)C(=O)[C@@H]4[C@H]2C1=O. The van der Waals surface area contributed by atoms with Crippen molar-refractivity contribution in [3.63, 3.8) is 0 Å². The van der Waals surface area contributed by atoms with Crippen LogP contribution >= 0.6 is 11.8 Å². The maximum Gasteiger partial charge on any atom is 0.251 e. The van der Waals surface area contributed by atoms with E-state index in [2.05, 4.69) is 19.1 Å². The summed E-state index contributed by atoms with van der Waals surface area (Å²) in [6.07, 6.45) is 10.3. The average Bonchev–Trinajstić information content (AvgIpc) is 3.18. The van der Waals surface area contributed by atoms with Gasteiger partial charge < -0.3 is 19.8 Å². The molecule has 1 spiro atoms. The van der Waals surface area contributed by atoms with Crippen LogP contribution in [-0.4, -0.2) is 81.5 Å². The number of anilines is 1. The number of thioether (sulfide) groups is 1. The zero-order chi connectivity index (χ0) is 26.3. The molecule has 0 radical (unpaired) electrons. The average molecular weight is 524 g/mol. The molecule has 37 heavy (non-hydrogen) atoms. The summed E-state index contributed by atoms with van der Waals surface area (Å²) in [6, 6.07) is 5.31. The van der Waals surface area contributed by atoms with Crippen molar-refractivity contribution >= 4 is 35.2 Å². The smallest absolute Gasteiger partial charge is 0.251 e. The summed E-state index contributed by atoms with van der Waals surface area (Å²) in [5, 5.41) is 9.25. The van der Waals surface area contributed by atoms with Crippen LogP contribution in [0.5, 0.6) is 0 Å². The van der Waals surface area contributed by atoms with E-state index in [1.54, 1.807) is 16.7 Å². The second-order valence-corrected chi connectivity index (χ2v) is 12.1. The molecule has 1 unspecified atom stereocenters. The number of benzene rings is 1. The van der Waals surface area contributed by atoms with Crippen molar-refractivity contribution in [1.82, 2.24) is 9.80 Å². The van der Waals surface area contributed by atoms with Crippen LogP contribution in [0.15, 0.2) is 42.5 Å². The molecule has 0 bridgehead atoms. The van der Waals surface area contributed by atoms with Crippen LogP contribution in [0, 0.1) is 25.7 Å². The summed E-state index contributed by atoms with van der Waals surface area (Å²) in [5.41, 5.74) is 2.92. The molecule has 2 fully saturated rings. The Morgan fingerprint density at radius 2 is 1.76 bits per heavy atom. The van der Waals surface area contributed by atoms with Crippen molar-refractivity contribution in [3.8, 4) is 0 Å². The molecule has 1 aromatic carbocycles. The number of nitrogens with zero attached hydrogens (tertiary/aromatic N) is 3. The van der Waals surface area contributed by atoms with E-state index >= 15 is 0 Å². The van der Waals surface area contributed by atoms with E-state index in [4.69, 9.17) is 0 Å². The topological polar surface area (TPSA) is 81.2 Å². The van der Waals surface area contributed by atoms with Gasteiger partial charge in [-0.05, 0) is 44.2 Å². The van der Waals surface area contributed by atoms with Gasteiger partial charge in [-0.2, -0.15) is 0 Å². The summed E-state index contributed by atoms with van der Waals surface area (Å²) < 4.78 is -0.802. The molecule has 4 aliphatic heterocycles. The first-order valence-corrected chi connectivity index (χ1v) is 14.3. The lowest BCUT2D eigenvalue weighted by atomic mass is 9.78. The highest BCUT2D eigenvalue weighted by atomic mass is 32.2. The van der Waals surface area contributed by atoms with Crippen LogP contribution in [0.25, 0.3) is 0 Å². The number of aliphatic hydroxyl groups is 1. The van der Waals surface area contributed by atoms with E-state index in [0.717, 1.165) is 23.2 Å². The molecule has 0 aliphatic carbocycles. The van der Waals surface area contributed by atoms with Gasteiger partial charge in [0, 0.05) is 43.7 Å². The van der Waals surface area contributed by atoms with E-state index in [9.17, 15) is 19.5 Å². The molecule has 0 saturated carbocycles. The van der Waals surface area contributed by atoms with Crippen molar-refractivity contribution in [1.29, 1.82) is 0 Å². The Morgan fingerprint density at radius 3 is 2.46 bits per heavy atom. The zero-order valence-electron chi connectivity index (χ0n) is 21.9. The number of carbonyl (C=O) groups is 3. The van der Waals surface area contributed by atoms with Crippen LogP contribution in [0.4, 0.5) is 5.69 Å². The largest absolute Gasteiger partial charge is 0.396 e. The maximum atomic E-state index is 14.5. The second kappa shape index (κ2) is 10.3. The molecule has 1 N–H and O–H groups in total. The van der Waals surface area contributed by atoms with Crippen molar-refractivity contribution in [2.75, 3.05) is 37.7 Å². The number of aryl methyl sites for hydroxylation is 2. The molecule has 5 atom stereocenters. The molecule has 198 valence electrons. The van der Waals surface area contributed by atoms with Crippen molar-refractivity contribution in [3.05, 3.63) is 53.6 Å². The lowest BCUT2D eigenvalue weighted by Crippen LogP contribution is -2.53. The first-order chi connectivity index (χ1) is 17.9. The van der Waals surface area contributed by atoms with Gasteiger partial charge in [-0.1, -0.05) is 49.4 Å². The second-order valence-electron chi connectivity index (χ2n) is 10.6. The summed E-state index contributed by atoms with van der Waals surface area (Å²) in [5.74, 6) is -1.25. The van der Waals surface area contributed by atoms with Crippen molar-refractivity contribution in [2.24, 2.45) is 11.8 Å². The molecular weight excluding hydrogens is 486 g/mol. The highest BCUT2D eigenvalue weighted by Gasteiger charge is 2.71. The van der Waals surface area contributed by atoms with Gasteiger partial charge in [-0.15, -0.1) is 11.8 Å². The van der Waals surface area contributed by atoms with E-state index in [-0.39, 0.29) is 29.6 Å². The minimum Gasteiger partial charge on any atom is -0.396 e. The van der Waals surface area contributed by atoms with Crippen molar-refractivity contribution < 1.29 is 19.5 Å². The Morgan fingerprint density at radius 1 is 1.00 bits per heavy atom. The maximum absolute atomic E-state index is 14.5. The fourth-order valence-corrected chi connectivity index (χ4v) is 8.73. The number of rotatable bonds is 7. The standard InChI is InChI=1S/C29H37N3O4S/c1-4-14-30-15-8-12-21-22(26(30)34)23-27(35)32(16-5-6-18-33)25-28(36)31(17-9-13-29(23,25)37-21)24-19(2)10-7-11-20(24)3/h7-13,21-23,25,33H,4-6,14-18H2,1-3H3/t21-,22+,23+,25?,29+/m1/s1. The van der Waals surface area contributed by atoms with Crippen LogP contribution in [0.2, 0.25) is 0 Å². The molecule has 5 rings (SSSR count). The Hall–Kier alpha value is -2.58. The van der Waals surface area contributed by atoms with Gasteiger partial charge in [0.05, 0.1) is 16.6 Å². The Balaban J connectivity index is 1.60. The third kappa shape index (κ3) is 4.13. The van der Waals surface area contributed by atoms with Gasteiger partial charge in [-0.3, -0.25) is 14.4 Å². The van der Waals surface area contributed by atoms with Gasteiger partial charge in [0.25, 0.3) is 5.91 Å². The summed E-state index contributed by atoms with van der Waals surface area (Å²) in [6.45, 7) is 8.15. The molecule has 8 heteroatoms. The number of unbranched alkanes of at least 4 members (excludes halogenated alkanes) is 1. The van der Waals surface area contributed by atoms with E-state index in [0.29, 0.717) is 39.0 Å². The molecule has 3 amide bonds. The number of fused-ring (bicyclic) bond motifs is 2. The number of hydrogen-bond donors (Lipinski definition) is 1. The van der Waals surface area contributed by atoms with Gasteiger partial charge in [0.1, 0.15) is 6.04 Å². The first kappa shape index (κ1) is 26.0. The third-order valence-corrected chi connectivity index (χ3v) is 10.00. The summed E-state index contributed by atoms with van der Waals surface area (Å²) in [4.78, 5) is 48.0. The number of carbonyl (C=O) groups excluding carboxylic acids is 3. The molecule has 7 nitrogen and oxygen atoms in total. The van der Waals surface area contributed by atoms with Crippen LogP contribution in [-0.2, 0) is 14.4 Å². The van der Waals surface area contributed by atoms with Gasteiger partial charge in [-0.25, -0.2) is 0 Å². The summed E-state index contributed by atoms with van der Waals surface area (Å²) in [7, 11) is 0. The number of likely N-dealkylation sites (tertiary alicyclic amines) is 1. The third-order valence-electron chi connectivity index (χ3n) is 8.25.